The van der Waals surface area contributed by atoms with E-state index in [1.807, 2.05) is 0 Å². The first kappa shape index (κ1) is 30.8. The number of primary amides is 1. The van der Waals surface area contributed by atoms with Crippen LogP contribution in [0.5, 0.6) is 5.75 Å². The van der Waals surface area contributed by atoms with Crippen LogP contribution in [0.25, 0.3) is 0 Å². The molecule has 2 heterocycles. The maximum Gasteiger partial charge on any atom is 0.416 e. The van der Waals surface area contributed by atoms with Gasteiger partial charge in [0.1, 0.15) is 6.04 Å². The molecule has 6 N–H and O–H groups in total. The largest absolute Gasteiger partial charge is 0.491 e. The van der Waals surface area contributed by atoms with Crippen molar-refractivity contribution in [2.45, 2.75) is 63.0 Å². The zero-order valence-electron chi connectivity index (χ0n) is 21.6. The second-order valence-corrected chi connectivity index (χ2v) is 9.58. The first-order chi connectivity index (χ1) is 18.9. The predicted molar refractivity (Wildman–Crippen MR) is 136 cm³/mol. The van der Waals surface area contributed by atoms with E-state index in [4.69, 9.17) is 10.5 Å². The zero-order chi connectivity index (χ0) is 29.3. The first-order valence-electron chi connectivity index (χ1n) is 12.8. The summed E-state index contributed by atoms with van der Waals surface area (Å²) in [4.78, 5) is 37.0. The van der Waals surface area contributed by atoms with E-state index < -0.39 is 59.9 Å². The minimum atomic E-state index is -4.50. The van der Waals surface area contributed by atoms with Gasteiger partial charge in [0.15, 0.2) is 11.6 Å². The van der Waals surface area contributed by atoms with E-state index in [-0.39, 0.29) is 38.3 Å². The molecule has 0 saturated heterocycles. The third-order valence-corrected chi connectivity index (χ3v) is 6.29. The van der Waals surface area contributed by atoms with Crippen LogP contribution in [0.1, 0.15) is 42.4 Å². The molecule has 2 bridgehead atoms. The van der Waals surface area contributed by atoms with Gasteiger partial charge in [0.2, 0.25) is 17.7 Å². The Hall–Kier alpha value is -3.71. The Morgan fingerprint density at radius 1 is 1.15 bits per heavy atom. The van der Waals surface area contributed by atoms with Crippen LogP contribution in [0.15, 0.2) is 42.5 Å². The lowest BCUT2D eigenvalue weighted by atomic mass is 9.99. The molecule has 40 heavy (non-hydrogen) atoms. The molecule has 0 radical (unpaired) electrons. The van der Waals surface area contributed by atoms with Crippen molar-refractivity contribution in [1.82, 2.24) is 16.0 Å². The summed E-state index contributed by atoms with van der Waals surface area (Å²) in [6.07, 6.45) is -5.47. The van der Waals surface area contributed by atoms with Crippen molar-refractivity contribution in [1.29, 1.82) is 0 Å². The Labute approximate surface area is 228 Å². The van der Waals surface area contributed by atoms with Crippen molar-refractivity contribution >= 4 is 17.7 Å². The normalized spacial score (nSPS) is 19.8. The number of aliphatic hydroxyl groups excluding tert-OH is 1. The van der Waals surface area contributed by atoms with Gasteiger partial charge < -0.3 is 31.5 Å². The number of nitrogens with two attached hydrogens (primary N) is 1. The fraction of sp³-hybridized carbons (Fsp3) is 0.444. The van der Waals surface area contributed by atoms with Gasteiger partial charge in [-0.05, 0) is 48.6 Å². The molecule has 0 aromatic heterocycles. The van der Waals surface area contributed by atoms with Gasteiger partial charge in [-0.1, -0.05) is 24.3 Å². The highest BCUT2D eigenvalue weighted by Crippen LogP contribution is 2.29. The van der Waals surface area contributed by atoms with Crippen LogP contribution in [-0.2, 0) is 33.5 Å². The average Bonchev–Trinajstić information content (AvgIpc) is 2.87. The van der Waals surface area contributed by atoms with Crippen LogP contribution in [0.4, 0.5) is 17.6 Å². The number of amides is 3. The zero-order valence-corrected chi connectivity index (χ0v) is 21.6. The molecule has 0 unspecified atom stereocenters. The molecule has 3 amide bonds. The molecule has 4 rings (SSSR count). The van der Waals surface area contributed by atoms with E-state index >= 15 is 0 Å². The maximum absolute atomic E-state index is 14.6. The highest BCUT2D eigenvalue weighted by atomic mass is 19.4. The lowest BCUT2D eigenvalue weighted by molar-refractivity contribution is -0.137. The van der Waals surface area contributed by atoms with E-state index in [1.165, 1.54) is 24.3 Å². The van der Waals surface area contributed by atoms with E-state index in [1.54, 1.807) is 6.07 Å². The third-order valence-electron chi connectivity index (χ3n) is 6.29. The summed E-state index contributed by atoms with van der Waals surface area (Å²) in [5.41, 5.74) is 5.19. The first-order valence-corrected chi connectivity index (χ1v) is 12.8. The van der Waals surface area contributed by atoms with Crippen LogP contribution in [0, 0.1) is 5.82 Å². The Morgan fingerprint density at radius 2 is 1.93 bits per heavy atom. The minimum Gasteiger partial charge on any atom is -0.491 e. The molecule has 218 valence electrons. The van der Waals surface area contributed by atoms with Gasteiger partial charge in [0, 0.05) is 19.5 Å². The van der Waals surface area contributed by atoms with Gasteiger partial charge in [-0.15, -0.1) is 0 Å². The summed E-state index contributed by atoms with van der Waals surface area (Å²) in [6, 6.07) is 6.57. The lowest BCUT2D eigenvalue weighted by Gasteiger charge is -2.27. The summed E-state index contributed by atoms with van der Waals surface area (Å²) in [6.45, 7) is -0.00594. The van der Waals surface area contributed by atoms with E-state index in [2.05, 4.69) is 16.0 Å². The van der Waals surface area contributed by atoms with Crippen LogP contribution in [0.2, 0.25) is 0 Å². The van der Waals surface area contributed by atoms with Crippen molar-refractivity contribution in [3.8, 4) is 5.75 Å². The number of alkyl halides is 3. The molecular formula is C27H32F4N4O5. The average molecular weight is 569 g/mol. The topological polar surface area (TPSA) is 143 Å². The summed E-state index contributed by atoms with van der Waals surface area (Å²) in [5.74, 6) is -2.73. The molecule has 2 aromatic rings. The predicted octanol–water partition coefficient (Wildman–Crippen LogP) is 1.95. The van der Waals surface area contributed by atoms with Crippen LogP contribution < -0.4 is 26.4 Å². The third kappa shape index (κ3) is 9.49. The lowest BCUT2D eigenvalue weighted by Crippen LogP contribution is -2.55. The van der Waals surface area contributed by atoms with Gasteiger partial charge in [-0.25, -0.2) is 4.39 Å². The maximum atomic E-state index is 14.6. The van der Waals surface area contributed by atoms with Crippen molar-refractivity contribution < 1.29 is 41.8 Å². The fourth-order valence-corrected chi connectivity index (χ4v) is 4.22. The number of benzene rings is 2. The molecule has 9 nitrogen and oxygen atoms in total. The monoisotopic (exact) mass is 568 g/mol. The van der Waals surface area contributed by atoms with Crippen molar-refractivity contribution in [3.63, 3.8) is 0 Å². The van der Waals surface area contributed by atoms with Crippen molar-refractivity contribution in [2.24, 2.45) is 5.73 Å². The molecule has 2 aliphatic rings. The van der Waals surface area contributed by atoms with E-state index in [0.717, 1.165) is 12.1 Å². The van der Waals surface area contributed by atoms with Crippen molar-refractivity contribution in [3.05, 3.63) is 65.0 Å². The molecule has 13 heteroatoms. The summed E-state index contributed by atoms with van der Waals surface area (Å²) in [7, 11) is 0. The molecule has 0 fully saturated rings. The molecule has 2 aromatic carbocycles. The number of fused-ring (bicyclic) bond motifs is 13. The summed E-state index contributed by atoms with van der Waals surface area (Å²) >= 11 is 0. The number of aliphatic hydroxyl groups is 1. The second kappa shape index (κ2) is 14.1. The smallest absolute Gasteiger partial charge is 0.416 e. The summed E-state index contributed by atoms with van der Waals surface area (Å²) in [5, 5.41) is 18.9. The quantitative estimate of drug-likeness (QED) is 0.323. The Bertz CT molecular complexity index is 1190. The number of halogens is 4. The number of ether oxygens (including phenoxy) is 1. The number of nitrogens with one attached hydrogen (secondary N) is 3. The molecular weight excluding hydrogens is 536 g/mol. The number of carbonyl (C=O) groups excluding carboxylic acids is 3. The SMILES string of the molecule is NC(=O)C[C@@H]1NC(=O)CCCCOc2ccc(cc2F)C[C@@H]([C@H](O)CNCc2cccc(C(F)(F)F)c2)NC1=O. The molecule has 0 saturated carbocycles. The summed E-state index contributed by atoms with van der Waals surface area (Å²) < 4.78 is 59.1. The van der Waals surface area contributed by atoms with Crippen LogP contribution in [0.3, 0.4) is 0 Å². The highest BCUT2D eigenvalue weighted by Gasteiger charge is 2.31. The minimum absolute atomic E-state index is 0.0112. The number of rotatable bonds is 7. The highest BCUT2D eigenvalue weighted by molar-refractivity contribution is 5.91. The van der Waals surface area contributed by atoms with Gasteiger partial charge >= 0.3 is 6.18 Å². The number of hydrogen-bond acceptors (Lipinski definition) is 6. The second-order valence-electron chi connectivity index (χ2n) is 9.58. The van der Waals surface area contributed by atoms with Crippen LogP contribution in [-0.4, -0.2) is 54.2 Å². The van der Waals surface area contributed by atoms with E-state index in [0.29, 0.717) is 24.0 Å². The molecule has 0 spiro atoms. The van der Waals surface area contributed by atoms with Gasteiger partial charge in [-0.2, -0.15) is 13.2 Å². The van der Waals surface area contributed by atoms with E-state index in [9.17, 15) is 37.1 Å². The molecule has 3 atom stereocenters. The Morgan fingerprint density at radius 3 is 2.62 bits per heavy atom. The molecule has 0 aliphatic carbocycles. The molecule has 2 aliphatic heterocycles. The fourth-order valence-electron chi connectivity index (χ4n) is 4.22. The number of carbonyl (C=O) groups is 3. The standard InChI is InChI=1S/C27H32F4N4O5/c28-19-11-16-7-8-23(19)40-9-2-1-6-25(38)34-21(13-24(32)37)26(39)35-20(12-16)22(36)15-33-14-17-4-3-5-18(10-17)27(29,30)31/h3-5,7-8,10-11,20-22,33,36H,1-2,6,9,12-15H2,(H2,32,37)(H,34,38)(H,35,39)/t20-,21-,22+/m0/s1. The van der Waals surface area contributed by atoms with Crippen molar-refractivity contribution in [2.75, 3.05) is 13.2 Å². The Balaban J connectivity index is 1.79. The van der Waals surface area contributed by atoms with Gasteiger partial charge in [0.25, 0.3) is 0 Å². The number of hydrogen-bond donors (Lipinski definition) is 5. The Kier molecular flexibility index (Phi) is 10.8. The van der Waals surface area contributed by atoms with Gasteiger partial charge in [0.05, 0.1) is 30.7 Å². The van der Waals surface area contributed by atoms with Gasteiger partial charge in [-0.3, -0.25) is 14.4 Å². The van der Waals surface area contributed by atoms with Crippen LogP contribution >= 0.6 is 0 Å².